The van der Waals surface area contributed by atoms with Crippen molar-refractivity contribution >= 4 is 5.96 Å². The second kappa shape index (κ2) is 6.62. The van der Waals surface area contributed by atoms with Crippen molar-refractivity contribution < 1.29 is 0 Å². The van der Waals surface area contributed by atoms with Crippen LogP contribution in [0.5, 0.6) is 0 Å². The monoisotopic (exact) mass is 318 g/mol. The van der Waals surface area contributed by atoms with Gasteiger partial charge in [-0.05, 0) is 63.2 Å². The minimum Gasteiger partial charge on any atom is -0.357 e. The fraction of sp³-hybridized carbons (Fsp3) is 0.947. The van der Waals surface area contributed by atoms with Gasteiger partial charge in [-0.3, -0.25) is 9.89 Å². The zero-order valence-corrected chi connectivity index (χ0v) is 14.9. The lowest BCUT2D eigenvalue weighted by atomic mass is 9.68. The smallest absolute Gasteiger partial charge is 0.193 e. The first kappa shape index (κ1) is 15.7. The van der Waals surface area contributed by atoms with Gasteiger partial charge >= 0.3 is 0 Å². The van der Waals surface area contributed by atoms with E-state index in [1.807, 2.05) is 0 Å². The van der Waals surface area contributed by atoms with E-state index < -0.39 is 0 Å². The summed E-state index contributed by atoms with van der Waals surface area (Å²) in [4.78, 5) is 10.2. The first-order valence-electron chi connectivity index (χ1n) is 10.1. The SMILES string of the molecule is CCNC(=NCCN(CC1CC1)C1CC1)N1CCC2(CCC2)C1. The van der Waals surface area contributed by atoms with Gasteiger partial charge in [0.05, 0.1) is 6.54 Å². The van der Waals surface area contributed by atoms with Crippen LogP contribution in [0.1, 0.15) is 58.3 Å². The van der Waals surface area contributed by atoms with E-state index in [0.29, 0.717) is 5.41 Å². The maximum Gasteiger partial charge on any atom is 0.193 e. The molecule has 23 heavy (non-hydrogen) atoms. The van der Waals surface area contributed by atoms with E-state index in [0.717, 1.165) is 31.6 Å². The third-order valence-electron chi connectivity index (χ3n) is 6.39. The van der Waals surface area contributed by atoms with Crippen molar-refractivity contribution in [1.29, 1.82) is 0 Å². The number of hydrogen-bond donors (Lipinski definition) is 1. The molecule has 0 amide bonds. The van der Waals surface area contributed by atoms with Gasteiger partial charge < -0.3 is 10.2 Å². The van der Waals surface area contributed by atoms with Crippen molar-refractivity contribution in [2.45, 2.75) is 64.3 Å². The highest BCUT2D eigenvalue weighted by molar-refractivity contribution is 5.80. The van der Waals surface area contributed by atoms with Gasteiger partial charge in [-0.25, -0.2) is 0 Å². The van der Waals surface area contributed by atoms with Gasteiger partial charge in [0.1, 0.15) is 0 Å². The molecule has 0 aromatic heterocycles. The maximum atomic E-state index is 4.99. The molecular formula is C19H34N4. The van der Waals surface area contributed by atoms with Gasteiger partial charge in [-0.15, -0.1) is 0 Å². The summed E-state index contributed by atoms with van der Waals surface area (Å²) in [7, 11) is 0. The first-order chi connectivity index (χ1) is 11.3. The normalized spacial score (nSPS) is 26.9. The van der Waals surface area contributed by atoms with Crippen LogP contribution in [0, 0.1) is 11.3 Å². The predicted molar refractivity (Wildman–Crippen MR) is 95.8 cm³/mol. The number of aliphatic imine (C=N–C) groups is 1. The van der Waals surface area contributed by atoms with E-state index in [9.17, 15) is 0 Å². The Kier molecular flexibility index (Phi) is 4.53. The summed E-state index contributed by atoms with van der Waals surface area (Å²) in [6, 6.07) is 0.887. The van der Waals surface area contributed by atoms with E-state index in [1.165, 1.54) is 77.0 Å². The Labute approximate surface area is 141 Å². The van der Waals surface area contributed by atoms with E-state index in [-0.39, 0.29) is 0 Å². The molecule has 0 unspecified atom stereocenters. The fourth-order valence-electron chi connectivity index (χ4n) is 4.41. The first-order valence-corrected chi connectivity index (χ1v) is 10.1. The summed E-state index contributed by atoms with van der Waals surface area (Å²) in [5.41, 5.74) is 0.655. The molecule has 0 atom stereocenters. The molecule has 4 aliphatic rings. The van der Waals surface area contributed by atoms with Gasteiger partial charge in [-0.2, -0.15) is 0 Å². The number of guanidine groups is 1. The molecule has 4 heteroatoms. The highest BCUT2D eigenvalue weighted by Gasteiger charge is 2.43. The van der Waals surface area contributed by atoms with Crippen LogP contribution in [0.2, 0.25) is 0 Å². The summed E-state index contributed by atoms with van der Waals surface area (Å²) in [5.74, 6) is 2.18. The number of hydrogen-bond acceptors (Lipinski definition) is 2. The summed E-state index contributed by atoms with van der Waals surface area (Å²) in [6.45, 7) is 9.09. The fourth-order valence-corrected chi connectivity index (χ4v) is 4.41. The van der Waals surface area contributed by atoms with Crippen molar-refractivity contribution in [2.24, 2.45) is 16.3 Å². The van der Waals surface area contributed by atoms with E-state index >= 15 is 0 Å². The Morgan fingerprint density at radius 2 is 2.04 bits per heavy atom. The van der Waals surface area contributed by atoms with Gasteiger partial charge in [0.25, 0.3) is 0 Å². The summed E-state index contributed by atoms with van der Waals surface area (Å²) >= 11 is 0. The largest absolute Gasteiger partial charge is 0.357 e. The minimum absolute atomic E-state index is 0.655. The van der Waals surface area contributed by atoms with Crippen LogP contribution in [0.4, 0.5) is 0 Å². The number of nitrogens with one attached hydrogen (secondary N) is 1. The van der Waals surface area contributed by atoms with E-state index in [2.05, 4.69) is 22.0 Å². The molecule has 1 saturated heterocycles. The quantitative estimate of drug-likeness (QED) is 0.578. The molecule has 4 fully saturated rings. The summed E-state index contributed by atoms with van der Waals surface area (Å²) in [6.07, 6.45) is 11.5. The molecule has 1 N–H and O–H groups in total. The minimum atomic E-state index is 0.655. The van der Waals surface area contributed by atoms with Crippen LogP contribution in [-0.2, 0) is 0 Å². The second-order valence-corrected chi connectivity index (χ2v) is 8.43. The lowest BCUT2D eigenvalue weighted by Gasteiger charge is -2.38. The van der Waals surface area contributed by atoms with Gasteiger partial charge in [0.2, 0.25) is 0 Å². The topological polar surface area (TPSA) is 30.9 Å². The molecule has 1 heterocycles. The van der Waals surface area contributed by atoms with Crippen LogP contribution in [0.15, 0.2) is 4.99 Å². The molecule has 0 bridgehead atoms. The molecule has 3 aliphatic carbocycles. The zero-order valence-electron chi connectivity index (χ0n) is 14.9. The van der Waals surface area contributed by atoms with E-state index in [1.54, 1.807) is 0 Å². The number of rotatable bonds is 7. The van der Waals surface area contributed by atoms with Crippen molar-refractivity contribution in [3.8, 4) is 0 Å². The third kappa shape index (κ3) is 3.84. The molecular weight excluding hydrogens is 284 g/mol. The predicted octanol–water partition coefficient (Wildman–Crippen LogP) is 2.70. The Balaban J connectivity index is 1.30. The van der Waals surface area contributed by atoms with Crippen LogP contribution >= 0.6 is 0 Å². The Morgan fingerprint density at radius 3 is 2.61 bits per heavy atom. The Hall–Kier alpha value is -0.770. The average molecular weight is 319 g/mol. The van der Waals surface area contributed by atoms with Gasteiger partial charge in [0.15, 0.2) is 5.96 Å². The highest BCUT2D eigenvalue weighted by Crippen LogP contribution is 2.47. The van der Waals surface area contributed by atoms with Crippen molar-refractivity contribution in [3.63, 3.8) is 0 Å². The Morgan fingerprint density at radius 1 is 1.22 bits per heavy atom. The molecule has 0 aromatic carbocycles. The molecule has 0 radical (unpaired) electrons. The second-order valence-electron chi connectivity index (χ2n) is 8.43. The average Bonchev–Trinajstić information content (AvgIpc) is 3.42. The zero-order chi connectivity index (χ0) is 15.7. The molecule has 0 aromatic rings. The Bertz CT molecular complexity index is 435. The standard InChI is InChI=1S/C19H34N4/c1-2-20-18(23-12-10-19(15-23)8-3-9-19)21-11-13-22(17-6-7-17)14-16-4-5-16/h16-17H,2-15H2,1H3,(H,20,21). The van der Waals surface area contributed by atoms with Crippen LogP contribution < -0.4 is 5.32 Å². The van der Waals surface area contributed by atoms with E-state index in [4.69, 9.17) is 4.99 Å². The molecule has 3 saturated carbocycles. The van der Waals surface area contributed by atoms with Crippen molar-refractivity contribution in [2.75, 3.05) is 39.3 Å². The third-order valence-corrected chi connectivity index (χ3v) is 6.39. The molecule has 1 aliphatic heterocycles. The van der Waals surface area contributed by atoms with Crippen molar-refractivity contribution in [3.05, 3.63) is 0 Å². The van der Waals surface area contributed by atoms with Gasteiger partial charge in [0, 0.05) is 38.8 Å². The maximum absolute atomic E-state index is 4.99. The van der Waals surface area contributed by atoms with Gasteiger partial charge in [-0.1, -0.05) is 6.42 Å². The summed E-state index contributed by atoms with van der Waals surface area (Å²) < 4.78 is 0. The lowest BCUT2D eigenvalue weighted by molar-refractivity contribution is 0.151. The molecule has 4 rings (SSSR count). The number of likely N-dealkylation sites (tertiary alicyclic amines) is 1. The van der Waals surface area contributed by atoms with Crippen LogP contribution in [-0.4, -0.2) is 61.1 Å². The number of nitrogens with zero attached hydrogens (tertiary/aromatic N) is 3. The lowest BCUT2D eigenvalue weighted by Crippen LogP contribution is -2.43. The summed E-state index contributed by atoms with van der Waals surface area (Å²) in [5, 5.41) is 3.54. The molecule has 1 spiro atoms. The molecule has 4 nitrogen and oxygen atoms in total. The highest BCUT2D eigenvalue weighted by atomic mass is 15.3. The molecule has 130 valence electrons. The van der Waals surface area contributed by atoms with Crippen LogP contribution in [0.25, 0.3) is 0 Å². The van der Waals surface area contributed by atoms with Crippen molar-refractivity contribution in [1.82, 2.24) is 15.1 Å². The van der Waals surface area contributed by atoms with Crippen LogP contribution in [0.3, 0.4) is 0 Å².